The Morgan fingerprint density at radius 2 is 1.93 bits per heavy atom. The third kappa shape index (κ3) is 4.26. The van der Waals surface area contributed by atoms with Gasteiger partial charge in [-0.25, -0.2) is 13.1 Å². The van der Waals surface area contributed by atoms with E-state index in [2.05, 4.69) is 15.5 Å². The van der Waals surface area contributed by atoms with Crippen LogP contribution in [0.1, 0.15) is 35.2 Å². The molecule has 0 spiro atoms. The number of carbonyl (C=O) groups is 3. The highest BCUT2D eigenvalue weighted by Gasteiger charge is 2.38. The van der Waals surface area contributed by atoms with Gasteiger partial charge in [0.15, 0.2) is 27.2 Å². The molecular formula is C17H17ClN4O5S2. The summed E-state index contributed by atoms with van der Waals surface area (Å²) in [5.74, 6) is -3.00. The predicted molar refractivity (Wildman–Crippen MR) is 105 cm³/mol. The molecule has 1 heterocycles. The zero-order chi connectivity index (χ0) is 21.3. The maximum atomic E-state index is 13.0. The van der Waals surface area contributed by atoms with Gasteiger partial charge in [-0.3, -0.25) is 14.4 Å². The highest BCUT2D eigenvalue weighted by Crippen LogP contribution is 2.32. The fourth-order valence-electron chi connectivity index (χ4n) is 3.23. The molecule has 29 heavy (non-hydrogen) atoms. The number of benzene rings is 1. The van der Waals surface area contributed by atoms with Gasteiger partial charge in [0.2, 0.25) is 5.16 Å². The van der Waals surface area contributed by atoms with E-state index in [1.165, 1.54) is 28.6 Å². The Balaban J connectivity index is 2.12. The summed E-state index contributed by atoms with van der Waals surface area (Å²) in [4.78, 5) is 37.2. The summed E-state index contributed by atoms with van der Waals surface area (Å²) in [6.45, 7) is -0.0991. The van der Waals surface area contributed by atoms with Crippen LogP contribution in [0.2, 0.25) is 5.02 Å². The molecule has 0 aliphatic heterocycles. The van der Waals surface area contributed by atoms with Crippen molar-refractivity contribution in [3.05, 3.63) is 28.3 Å². The van der Waals surface area contributed by atoms with Gasteiger partial charge in [-0.1, -0.05) is 23.4 Å². The van der Waals surface area contributed by atoms with Crippen molar-refractivity contribution in [2.24, 2.45) is 5.92 Å². The van der Waals surface area contributed by atoms with Crippen LogP contribution in [0, 0.1) is 5.92 Å². The molecule has 1 saturated carbocycles. The van der Waals surface area contributed by atoms with Gasteiger partial charge >= 0.3 is 0 Å². The number of nitrogens with zero attached hydrogens (tertiary/aromatic N) is 4. The Morgan fingerprint density at radius 1 is 1.28 bits per heavy atom. The van der Waals surface area contributed by atoms with Crippen LogP contribution in [0.25, 0.3) is 0 Å². The summed E-state index contributed by atoms with van der Waals surface area (Å²) in [6.07, 6.45) is 3.49. The Kier molecular flexibility index (Phi) is 6.20. The number of hydrogen-bond donors (Lipinski definition) is 0. The third-order valence-corrected chi connectivity index (χ3v) is 6.88. The van der Waals surface area contributed by atoms with Crippen LogP contribution in [-0.2, 0) is 26.0 Å². The average molecular weight is 457 g/mol. The number of Topliss-reactive ketones (excluding diaryl/α,β-unsaturated/α-hetero) is 3. The maximum absolute atomic E-state index is 13.0. The molecule has 3 rings (SSSR count). The molecule has 0 bridgehead atoms. The Hall–Kier alpha value is -2.11. The Labute approximate surface area is 176 Å². The number of hydrogen-bond acceptors (Lipinski definition) is 9. The molecule has 1 fully saturated rings. The lowest BCUT2D eigenvalue weighted by Gasteiger charge is -2.20. The van der Waals surface area contributed by atoms with E-state index in [1.807, 2.05) is 0 Å². The van der Waals surface area contributed by atoms with Crippen molar-refractivity contribution >= 4 is 50.5 Å². The molecule has 1 aromatic carbocycles. The minimum absolute atomic E-state index is 0.0681. The van der Waals surface area contributed by atoms with Gasteiger partial charge in [0.05, 0.1) is 16.5 Å². The molecule has 1 aromatic heterocycles. The van der Waals surface area contributed by atoms with Crippen LogP contribution in [0.3, 0.4) is 0 Å². The molecule has 0 amide bonds. The lowest BCUT2D eigenvalue weighted by molar-refractivity contribution is -0.133. The van der Waals surface area contributed by atoms with E-state index >= 15 is 0 Å². The number of rotatable bonds is 6. The normalized spacial score (nSPS) is 15.7. The van der Waals surface area contributed by atoms with Crippen LogP contribution in [0.15, 0.2) is 22.2 Å². The zero-order valence-corrected chi connectivity index (χ0v) is 18.0. The highest BCUT2D eigenvalue weighted by atomic mass is 35.5. The number of ketones is 3. The second-order valence-corrected chi connectivity index (χ2v) is 9.72. The quantitative estimate of drug-likeness (QED) is 0.361. The van der Waals surface area contributed by atoms with Crippen molar-refractivity contribution in [3.63, 3.8) is 0 Å². The SMILES string of the molecule is CSc1nnnn1Cc1c(S(C)(=O)=O)ccc(C(=O)C2C(=O)CCCC2=O)c1Cl. The van der Waals surface area contributed by atoms with E-state index in [-0.39, 0.29) is 40.4 Å². The lowest BCUT2D eigenvalue weighted by atomic mass is 9.81. The van der Waals surface area contributed by atoms with Gasteiger partial charge in [-0.15, -0.1) is 5.10 Å². The minimum Gasteiger partial charge on any atom is -0.298 e. The van der Waals surface area contributed by atoms with E-state index in [1.54, 1.807) is 6.26 Å². The molecule has 9 nitrogen and oxygen atoms in total. The van der Waals surface area contributed by atoms with Crippen LogP contribution in [0.5, 0.6) is 0 Å². The molecular weight excluding hydrogens is 440 g/mol. The van der Waals surface area contributed by atoms with E-state index in [4.69, 9.17) is 11.6 Å². The second kappa shape index (κ2) is 8.33. The van der Waals surface area contributed by atoms with E-state index in [0.717, 1.165) is 6.26 Å². The van der Waals surface area contributed by atoms with Crippen molar-refractivity contribution in [1.29, 1.82) is 0 Å². The largest absolute Gasteiger partial charge is 0.298 e. The van der Waals surface area contributed by atoms with Gasteiger partial charge in [0.1, 0.15) is 5.92 Å². The molecule has 0 unspecified atom stereocenters. The maximum Gasteiger partial charge on any atom is 0.209 e. The summed E-state index contributed by atoms with van der Waals surface area (Å²) in [5, 5.41) is 11.5. The van der Waals surface area contributed by atoms with Gasteiger partial charge in [-0.2, -0.15) is 0 Å². The summed E-state index contributed by atoms with van der Waals surface area (Å²) < 4.78 is 25.9. The lowest BCUT2D eigenvalue weighted by Crippen LogP contribution is -2.35. The fourth-order valence-corrected chi connectivity index (χ4v) is 4.97. The molecule has 1 aliphatic rings. The van der Waals surface area contributed by atoms with Gasteiger partial charge in [-0.05, 0) is 35.2 Å². The van der Waals surface area contributed by atoms with Crippen molar-refractivity contribution in [3.8, 4) is 0 Å². The van der Waals surface area contributed by atoms with Crippen molar-refractivity contribution in [1.82, 2.24) is 20.2 Å². The van der Waals surface area contributed by atoms with E-state index < -0.39 is 33.1 Å². The predicted octanol–water partition coefficient (Wildman–Crippen LogP) is 1.62. The zero-order valence-electron chi connectivity index (χ0n) is 15.6. The van der Waals surface area contributed by atoms with Crippen molar-refractivity contribution in [2.45, 2.75) is 35.9 Å². The van der Waals surface area contributed by atoms with Crippen LogP contribution >= 0.6 is 23.4 Å². The van der Waals surface area contributed by atoms with Crippen LogP contribution < -0.4 is 0 Å². The van der Waals surface area contributed by atoms with Crippen LogP contribution in [0.4, 0.5) is 0 Å². The number of aromatic nitrogens is 4. The smallest absolute Gasteiger partial charge is 0.209 e. The molecule has 0 radical (unpaired) electrons. The summed E-state index contributed by atoms with van der Waals surface area (Å²) in [6, 6.07) is 2.50. The molecule has 154 valence electrons. The second-order valence-electron chi connectivity index (χ2n) is 6.58. The number of thioether (sulfide) groups is 1. The van der Waals surface area contributed by atoms with Gasteiger partial charge < -0.3 is 0 Å². The minimum atomic E-state index is -3.69. The monoisotopic (exact) mass is 456 g/mol. The molecule has 0 atom stereocenters. The molecule has 0 saturated heterocycles. The fraction of sp³-hybridized carbons (Fsp3) is 0.412. The number of tetrazole rings is 1. The summed E-state index contributed by atoms with van der Waals surface area (Å²) in [5.41, 5.74) is 0.0553. The number of halogens is 1. The van der Waals surface area contributed by atoms with Gasteiger partial charge in [0, 0.05) is 30.2 Å². The van der Waals surface area contributed by atoms with Crippen molar-refractivity contribution < 1.29 is 22.8 Å². The first kappa shape index (κ1) is 21.6. The molecule has 2 aromatic rings. The molecule has 12 heteroatoms. The van der Waals surface area contributed by atoms with Crippen molar-refractivity contribution in [2.75, 3.05) is 12.5 Å². The third-order valence-electron chi connectivity index (χ3n) is 4.61. The highest BCUT2D eigenvalue weighted by molar-refractivity contribution is 7.98. The molecule has 0 N–H and O–H groups in total. The Morgan fingerprint density at radius 3 is 2.52 bits per heavy atom. The Bertz CT molecular complexity index is 1100. The first-order valence-corrected chi connectivity index (χ1v) is 12.1. The summed E-state index contributed by atoms with van der Waals surface area (Å²) >= 11 is 7.70. The summed E-state index contributed by atoms with van der Waals surface area (Å²) in [7, 11) is -3.69. The number of carbonyl (C=O) groups excluding carboxylic acids is 3. The topological polar surface area (TPSA) is 129 Å². The van der Waals surface area contributed by atoms with E-state index in [0.29, 0.717) is 11.6 Å². The van der Waals surface area contributed by atoms with Crippen LogP contribution in [-0.4, -0.2) is 58.5 Å². The first-order valence-electron chi connectivity index (χ1n) is 8.56. The average Bonchev–Trinajstić information content (AvgIpc) is 3.09. The van der Waals surface area contributed by atoms with E-state index in [9.17, 15) is 22.8 Å². The number of sulfone groups is 1. The molecule has 1 aliphatic carbocycles. The van der Waals surface area contributed by atoms with Gasteiger partial charge in [0.25, 0.3) is 0 Å². The first-order chi connectivity index (χ1) is 13.6. The standard InChI is InChI=1S/C17H17ClN4O5S2/c1-28-17-19-20-21-22(17)8-10-13(29(2,26)27)7-6-9(15(10)18)16(25)14-11(23)4-3-5-12(14)24/h6-7,14H,3-5,8H2,1-2H3.